The Morgan fingerprint density at radius 3 is 2.16 bits per heavy atom. The lowest BCUT2D eigenvalue weighted by atomic mass is 10.2. The zero-order valence-corrected chi connectivity index (χ0v) is 9.86. The van der Waals surface area contributed by atoms with Crippen LogP contribution in [0.15, 0.2) is 52.9 Å². The third kappa shape index (κ3) is 3.32. The lowest BCUT2D eigenvalue weighted by Crippen LogP contribution is -2.18. The minimum atomic E-state index is -0.350. The molecule has 6 nitrogen and oxygen atoms in total. The van der Waals surface area contributed by atoms with E-state index in [4.69, 9.17) is 11.5 Å². The van der Waals surface area contributed by atoms with E-state index < -0.39 is 0 Å². The Bertz CT molecular complexity index is 606. The first-order valence-corrected chi connectivity index (χ1v) is 5.37. The lowest BCUT2D eigenvalue weighted by molar-refractivity contribution is 0.628. The summed E-state index contributed by atoms with van der Waals surface area (Å²) in [6, 6.07) is 7.22. The molecule has 1 aromatic heterocycles. The van der Waals surface area contributed by atoms with Crippen molar-refractivity contribution in [2.45, 2.75) is 0 Å². The number of amidine groups is 2. The maximum Gasteiger partial charge on any atom is 0.196 e. The quantitative estimate of drug-likeness (QED) is 0.479. The first kappa shape index (κ1) is 12.6. The molecule has 0 fully saturated rings. The van der Waals surface area contributed by atoms with E-state index in [0.717, 1.165) is 0 Å². The van der Waals surface area contributed by atoms with E-state index in [2.05, 4.69) is 20.2 Å². The van der Waals surface area contributed by atoms with E-state index in [0.29, 0.717) is 5.56 Å². The van der Waals surface area contributed by atoms with Crippen LogP contribution < -0.4 is 11.5 Å². The number of hydrogen-bond acceptors (Lipinski definition) is 4. The Labute approximate surface area is 108 Å². The summed E-state index contributed by atoms with van der Waals surface area (Å²) in [6.45, 7) is 0. The van der Waals surface area contributed by atoms with Gasteiger partial charge in [-0.15, -0.1) is 10.2 Å². The fraction of sp³-hybridized carbons (Fsp3) is 0. The average Bonchev–Trinajstić information content (AvgIpc) is 2.46. The van der Waals surface area contributed by atoms with E-state index in [1.165, 1.54) is 36.7 Å². The molecule has 0 aliphatic heterocycles. The van der Waals surface area contributed by atoms with Crippen LogP contribution in [0.25, 0.3) is 0 Å². The highest BCUT2D eigenvalue weighted by atomic mass is 19.1. The number of aromatic nitrogens is 2. The van der Waals surface area contributed by atoms with Gasteiger partial charge in [0, 0.05) is 18.0 Å². The number of rotatable bonds is 3. The summed E-state index contributed by atoms with van der Waals surface area (Å²) < 4.78 is 12.7. The fourth-order valence-corrected chi connectivity index (χ4v) is 1.26. The molecule has 96 valence electrons. The maximum atomic E-state index is 12.7. The van der Waals surface area contributed by atoms with Crippen LogP contribution in [-0.2, 0) is 0 Å². The highest BCUT2D eigenvalue weighted by molar-refractivity contribution is 5.99. The summed E-state index contributed by atoms with van der Waals surface area (Å²) in [6.07, 6.45) is 3.08. The molecule has 7 heteroatoms. The molecule has 0 spiro atoms. The van der Waals surface area contributed by atoms with Gasteiger partial charge in [-0.3, -0.25) is 0 Å². The van der Waals surface area contributed by atoms with Gasteiger partial charge in [-0.2, -0.15) is 0 Å². The van der Waals surface area contributed by atoms with Crippen LogP contribution in [0.4, 0.5) is 4.39 Å². The van der Waals surface area contributed by atoms with Gasteiger partial charge in [-0.05, 0) is 30.3 Å². The normalized spacial score (nSPS) is 12.5. The number of benzene rings is 1. The van der Waals surface area contributed by atoms with Crippen molar-refractivity contribution >= 4 is 11.7 Å². The molecule has 0 bridgehead atoms. The smallest absolute Gasteiger partial charge is 0.196 e. The average molecular weight is 258 g/mol. The third-order valence-electron chi connectivity index (χ3n) is 2.20. The Morgan fingerprint density at radius 2 is 1.53 bits per heavy atom. The molecule has 0 radical (unpaired) electrons. The molecule has 2 rings (SSSR count). The van der Waals surface area contributed by atoms with Crippen LogP contribution in [0.3, 0.4) is 0 Å². The molecule has 19 heavy (non-hydrogen) atoms. The highest BCUT2D eigenvalue weighted by Gasteiger charge is 2.01. The van der Waals surface area contributed by atoms with Crippen molar-refractivity contribution < 1.29 is 4.39 Å². The highest BCUT2D eigenvalue weighted by Crippen LogP contribution is 2.02. The van der Waals surface area contributed by atoms with Gasteiger partial charge in [-0.1, -0.05) is 0 Å². The van der Waals surface area contributed by atoms with E-state index >= 15 is 0 Å². The van der Waals surface area contributed by atoms with Gasteiger partial charge < -0.3 is 11.5 Å². The van der Waals surface area contributed by atoms with Crippen LogP contribution in [0.1, 0.15) is 11.4 Å². The summed E-state index contributed by atoms with van der Waals surface area (Å²) >= 11 is 0. The molecular weight excluding hydrogens is 247 g/mol. The number of nitrogens with two attached hydrogens (primary N) is 2. The monoisotopic (exact) mass is 258 g/mol. The van der Waals surface area contributed by atoms with Crippen LogP contribution in [0.5, 0.6) is 0 Å². The van der Waals surface area contributed by atoms with Gasteiger partial charge in [0.1, 0.15) is 5.82 Å². The Morgan fingerprint density at radius 1 is 0.947 bits per heavy atom. The maximum absolute atomic E-state index is 12.7. The molecule has 4 N–H and O–H groups in total. The van der Waals surface area contributed by atoms with Crippen LogP contribution in [0, 0.1) is 5.82 Å². The zero-order valence-electron chi connectivity index (χ0n) is 9.86. The van der Waals surface area contributed by atoms with Crippen LogP contribution >= 0.6 is 0 Å². The molecule has 2 aromatic rings. The fourth-order valence-electron chi connectivity index (χ4n) is 1.26. The summed E-state index contributed by atoms with van der Waals surface area (Å²) in [4.78, 5) is 7.83. The van der Waals surface area contributed by atoms with Gasteiger partial charge in [0.2, 0.25) is 0 Å². The standard InChI is InChI=1S/C12H11FN6/c13-9-4-2-8(3-5-9)10(14)18-19-11(15)12-16-6-1-7-17-12/h1-7H,(H2,14,18)(H2,15,19). The van der Waals surface area contributed by atoms with Gasteiger partial charge in [0.15, 0.2) is 17.5 Å². The largest absolute Gasteiger partial charge is 0.382 e. The van der Waals surface area contributed by atoms with Gasteiger partial charge >= 0.3 is 0 Å². The molecule has 0 aliphatic rings. The predicted octanol–water partition coefficient (Wildman–Crippen LogP) is 0.642. The predicted molar refractivity (Wildman–Crippen MR) is 69.9 cm³/mol. The summed E-state index contributed by atoms with van der Waals surface area (Å²) in [7, 11) is 0. The lowest BCUT2D eigenvalue weighted by Gasteiger charge is -1.99. The first-order valence-electron chi connectivity index (χ1n) is 5.37. The second kappa shape index (κ2) is 5.67. The van der Waals surface area contributed by atoms with Gasteiger partial charge in [0.05, 0.1) is 0 Å². The van der Waals surface area contributed by atoms with Gasteiger partial charge in [0.25, 0.3) is 0 Å². The number of hydrogen-bond donors (Lipinski definition) is 2. The van der Waals surface area contributed by atoms with Crippen LogP contribution in [0.2, 0.25) is 0 Å². The first-order chi connectivity index (χ1) is 9.16. The topological polar surface area (TPSA) is 103 Å². The minimum Gasteiger partial charge on any atom is -0.382 e. The van der Waals surface area contributed by atoms with E-state index in [-0.39, 0.29) is 23.3 Å². The SMILES string of the molecule is N/C(=N\N=C(/N)c1ncccn1)c1ccc(F)cc1. The van der Waals surface area contributed by atoms with E-state index in [1.807, 2.05) is 0 Å². The molecule has 0 amide bonds. The summed E-state index contributed by atoms with van der Waals surface area (Å²) in [5, 5.41) is 7.49. The number of nitrogens with zero attached hydrogens (tertiary/aromatic N) is 4. The van der Waals surface area contributed by atoms with Crippen LogP contribution in [-0.4, -0.2) is 21.6 Å². The van der Waals surface area contributed by atoms with Crippen molar-refractivity contribution in [3.05, 3.63) is 59.9 Å². The molecule has 0 unspecified atom stereocenters. The molecule has 0 atom stereocenters. The van der Waals surface area contributed by atoms with Crippen molar-refractivity contribution in [1.82, 2.24) is 9.97 Å². The summed E-state index contributed by atoms with van der Waals surface area (Å²) in [5.41, 5.74) is 11.9. The van der Waals surface area contributed by atoms with Crippen molar-refractivity contribution in [3.63, 3.8) is 0 Å². The third-order valence-corrected chi connectivity index (χ3v) is 2.20. The molecule has 1 aromatic carbocycles. The molecule has 1 heterocycles. The second-order valence-corrected chi connectivity index (χ2v) is 3.55. The van der Waals surface area contributed by atoms with Gasteiger partial charge in [-0.25, -0.2) is 14.4 Å². The molecule has 0 saturated carbocycles. The second-order valence-electron chi connectivity index (χ2n) is 3.55. The van der Waals surface area contributed by atoms with E-state index in [9.17, 15) is 4.39 Å². The van der Waals surface area contributed by atoms with Crippen molar-refractivity contribution in [2.75, 3.05) is 0 Å². The minimum absolute atomic E-state index is 0.0469. The Kier molecular flexibility index (Phi) is 3.77. The zero-order chi connectivity index (χ0) is 13.7. The Hall–Kier alpha value is -2.83. The van der Waals surface area contributed by atoms with Crippen molar-refractivity contribution in [3.8, 4) is 0 Å². The molecule has 0 saturated heterocycles. The van der Waals surface area contributed by atoms with E-state index in [1.54, 1.807) is 6.07 Å². The number of halogens is 1. The van der Waals surface area contributed by atoms with Crippen molar-refractivity contribution in [1.29, 1.82) is 0 Å². The molecule has 0 aliphatic carbocycles. The summed E-state index contributed by atoms with van der Waals surface area (Å²) in [5.74, 6) is 0.0833. The molecular formula is C12H11FN6. The Balaban J connectivity index is 2.20. The van der Waals surface area contributed by atoms with Crippen molar-refractivity contribution in [2.24, 2.45) is 21.7 Å².